The molecule has 0 saturated heterocycles. The average molecular weight is 321 g/mol. The number of hydrogen-bond acceptors (Lipinski definition) is 3. The summed E-state index contributed by atoms with van der Waals surface area (Å²) in [6.45, 7) is 2.01. The van der Waals surface area contributed by atoms with Crippen molar-refractivity contribution in [2.24, 2.45) is 11.1 Å². The fraction of sp³-hybridized carbons (Fsp3) is 0.417. The van der Waals surface area contributed by atoms with Crippen molar-refractivity contribution in [1.82, 2.24) is 5.32 Å². The molecule has 8 heteroatoms. The summed E-state index contributed by atoms with van der Waals surface area (Å²) in [5.74, 6) is -1.18. The zero-order valence-corrected chi connectivity index (χ0v) is 12.3. The first kappa shape index (κ1) is 15.2. The van der Waals surface area contributed by atoms with Gasteiger partial charge in [0.05, 0.1) is 15.5 Å². The van der Waals surface area contributed by atoms with Crippen LogP contribution in [-0.2, 0) is 10.0 Å². The molecule has 0 aliphatic heterocycles. The Morgan fingerprint density at radius 2 is 2.20 bits per heavy atom. The van der Waals surface area contributed by atoms with Crippen LogP contribution in [0.2, 0.25) is 5.02 Å². The zero-order valence-electron chi connectivity index (χ0n) is 10.7. The van der Waals surface area contributed by atoms with E-state index in [4.69, 9.17) is 16.7 Å². The van der Waals surface area contributed by atoms with Gasteiger partial charge in [0, 0.05) is 6.04 Å². The van der Waals surface area contributed by atoms with Gasteiger partial charge >= 0.3 is 0 Å². The summed E-state index contributed by atoms with van der Waals surface area (Å²) in [6, 6.07) is 1.71. The lowest BCUT2D eigenvalue weighted by molar-refractivity contribution is 0.0948. The van der Waals surface area contributed by atoms with Gasteiger partial charge in [-0.3, -0.25) is 4.79 Å². The summed E-state index contributed by atoms with van der Waals surface area (Å²) >= 11 is 5.71. The third-order valence-electron chi connectivity index (χ3n) is 3.34. The van der Waals surface area contributed by atoms with E-state index in [0.717, 1.165) is 18.9 Å². The largest absolute Gasteiger partial charge is 0.349 e. The summed E-state index contributed by atoms with van der Waals surface area (Å²) < 4.78 is 36.1. The molecular weight excluding hydrogens is 307 g/mol. The van der Waals surface area contributed by atoms with Gasteiger partial charge in [0.25, 0.3) is 5.91 Å². The Morgan fingerprint density at radius 1 is 1.55 bits per heavy atom. The second-order valence-corrected chi connectivity index (χ2v) is 6.74. The fourth-order valence-electron chi connectivity index (χ4n) is 2.02. The molecule has 1 saturated carbocycles. The smallest absolute Gasteiger partial charge is 0.253 e. The lowest BCUT2D eigenvalue weighted by Gasteiger charge is -2.09. The molecule has 0 radical (unpaired) electrons. The third-order valence-corrected chi connectivity index (χ3v) is 4.62. The van der Waals surface area contributed by atoms with Crippen molar-refractivity contribution in [3.05, 3.63) is 28.5 Å². The second kappa shape index (κ2) is 5.31. The molecule has 3 N–H and O–H groups in total. The van der Waals surface area contributed by atoms with Crippen molar-refractivity contribution in [3.63, 3.8) is 0 Å². The molecular formula is C12H14ClFN2O3S. The Balaban J connectivity index is 2.31. The Hall–Kier alpha value is -1.18. The van der Waals surface area contributed by atoms with Gasteiger partial charge in [0.2, 0.25) is 10.0 Å². The number of nitrogens with two attached hydrogens (primary N) is 1. The van der Waals surface area contributed by atoms with Crippen molar-refractivity contribution in [3.8, 4) is 0 Å². The van der Waals surface area contributed by atoms with Gasteiger partial charge in [-0.25, -0.2) is 17.9 Å². The van der Waals surface area contributed by atoms with Gasteiger partial charge in [-0.15, -0.1) is 0 Å². The molecule has 110 valence electrons. The third kappa shape index (κ3) is 3.11. The van der Waals surface area contributed by atoms with Crippen LogP contribution in [0, 0.1) is 11.7 Å². The normalized spacial score (nSPS) is 21.6. The molecule has 0 spiro atoms. The summed E-state index contributed by atoms with van der Waals surface area (Å²) in [5, 5.41) is 7.21. The molecule has 1 aliphatic rings. The highest BCUT2D eigenvalue weighted by atomic mass is 35.5. The van der Waals surface area contributed by atoms with Crippen LogP contribution in [0.1, 0.15) is 30.1 Å². The molecule has 0 heterocycles. The number of carbonyl (C=O) groups excluding carboxylic acids is 1. The van der Waals surface area contributed by atoms with Crippen LogP contribution in [0.15, 0.2) is 17.0 Å². The molecule has 2 rings (SSSR count). The molecule has 0 bridgehead atoms. The number of benzene rings is 1. The maximum atomic E-state index is 13.6. The van der Waals surface area contributed by atoms with Crippen LogP contribution in [0.5, 0.6) is 0 Å². The van der Waals surface area contributed by atoms with Crippen LogP contribution < -0.4 is 10.5 Å². The van der Waals surface area contributed by atoms with Gasteiger partial charge in [0.15, 0.2) is 0 Å². The second-order valence-electron chi connectivity index (χ2n) is 4.80. The van der Waals surface area contributed by atoms with Crippen LogP contribution in [0.25, 0.3) is 0 Å². The molecule has 2 atom stereocenters. The van der Waals surface area contributed by atoms with E-state index in [0.29, 0.717) is 12.0 Å². The number of primary sulfonamides is 1. The van der Waals surface area contributed by atoms with Crippen molar-refractivity contribution in [2.45, 2.75) is 30.7 Å². The Morgan fingerprint density at radius 3 is 2.70 bits per heavy atom. The molecule has 1 aromatic carbocycles. The highest BCUT2D eigenvalue weighted by Gasteiger charge is 2.37. The van der Waals surface area contributed by atoms with Crippen molar-refractivity contribution in [1.29, 1.82) is 0 Å². The molecule has 0 aromatic heterocycles. The van der Waals surface area contributed by atoms with Gasteiger partial charge in [-0.2, -0.15) is 0 Å². The number of halogens is 2. The number of hydrogen-bond donors (Lipinski definition) is 2. The van der Waals surface area contributed by atoms with Crippen LogP contribution in [-0.4, -0.2) is 20.4 Å². The molecule has 20 heavy (non-hydrogen) atoms. The van der Waals surface area contributed by atoms with Crippen LogP contribution in [0.3, 0.4) is 0 Å². The molecule has 5 nitrogen and oxygen atoms in total. The summed E-state index contributed by atoms with van der Waals surface area (Å²) in [6.07, 6.45) is 1.79. The predicted molar refractivity (Wildman–Crippen MR) is 72.4 cm³/mol. The Labute approximate surface area is 121 Å². The summed E-state index contributed by atoms with van der Waals surface area (Å²) in [4.78, 5) is 11.5. The van der Waals surface area contributed by atoms with Gasteiger partial charge in [-0.05, 0) is 24.5 Å². The maximum Gasteiger partial charge on any atom is 0.253 e. The first-order chi connectivity index (χ1) is 9.24. The van der Waals surface area contributed by atoms with Crippen molar-refractivity contribution in [2.75, 3.05) is 0 Å². The Kier molecular flexibility index (Phi) is 4.04. The standard InChI is InChI=1S/C12H14ClFN2O3S/c1-2-6-3-10(6)16-12(17)8-4-7(20(15,18)19)5-9(14)11(8)13/h4-6,10H,2-3H2,1H3,(H,16,17)(H2,15,18,19). The van der Waals surface area contributed by atoms with E-state index in [-0.39, 0.29) is 11.6 Å². The van der Waals surface area contributed by atoms with Gasteiger partial charge in [-0.1, -0.05) is 24.9 Å². The van der Waals surface area contributed by atoms with E-state index < -0.39 is 31.7 Å². The summed E-state index contributed by atoms with van der Waals surface area (Å²) in [5.41, 5.74) is -0.225. The molecule has 1 amide bonds. The summed E-state index contributed by atoms with van der Waals surface area (Å²) in [7, 11) is -4.11. The highest BCUT2D eigenvalue weighted by molar-refractivity contribution is 7.89. The predicted octanol–water partition coefficient (Wildman–Crippen LogP) is 1.65. The fourth-order valence-corrected chi connectivity index (χ4v) is 2.76. The van der Waals surface area contributed by atoms with E-state index >= 15 is 0 Å². The molecule has 1 fully saturated rings. The topological polar surface area (TPSA) is 89.3 Å². The van der Waals surface area contributed by atoms with E-state index in [9.17, 15) is 17.6 Å². The SMILES string of the molecule is CCC1CC1NC(=O)c1cc(S(N)(=O)=O)cc(F)c1Cl. The number of nitrogens with one attached hydrogen (secondary N) is 1. The maximum absolute atomic E-state index is 13.6. The van der Waals surface area contributed by atoms with Gasteiger partial charge in [0.1, 0.15) is 5.82 Å². The van der Waals surface area contributed by atoms with E-state index in [1.165, 1.54) is 0 Å². The van der Waals surface area contributed by atoms with Crippen LogP contribution >= 0.6 is 11.6 Å². The molecule has 2 unspecified atom stereocenters. The van der Waals surface area contributed by atoms with Crippen LogP contribution in [0.4, 0.5) is 4.39 Å². The minimum Gasteiger partial charge on any atom is -0.349 e. The quantitative estimate of drug-likeness (QED) is 0.884. The minimum atomic E-state index is -4.11. The van der Waals surface area contributed by atoms with E-state index in [1.54, 1.807) is 0 Å². The molecule has 1 aliphatic carbocycles. The Bertz CT molecular complexity index is 663. The van der Waals surface area contributed by atoms with E-state index in [2.05, 4.69) is 5.32 Å². The highest BCUT2D eigenvalue weighted by Crippen LogP contribution is 2.34. The lowest BCUT2D eigenvalue weighted by Crippen LogP contribution is -2.27. The van der Waals surface area contributed by atoms with Gasteiger partial charge < -0.3 is 5.32 Å². The first-order valence-corrected chi connectivity index (χ1v) is 7.99. The monoisotopic (exact) mass is 320 g/mol. The van der Waals surface area contributed by atoms with E-state index in [1.807, 2.05) is 6.92 Å². The first-order valence-electron chi connectivity index (χ1n) is 6.06. The minimum absolute atomic E-state index is 0.0322. The van der Waals surface area contributed by atoms with Crippen molar-refractivity contribution < 1.29 is 17.6 Å². The average Bonchev–Trinajstić information content (AvgIpc) is 3.09. The number of sulfonamides is 1. The van der Waals surface area contributed by atoms with Crippen molar-refractivity contribution >= 4 is 27.5 Å². The number of rotatable bonds is 4. The number of carbonyl (C=O) groups is 1. The molecule has 1 aromatic rings. The lowest BCUT2D eigenvalue weighted by atomic mass is 10.2. The number of amides is 1. The zero-order chi connectivity index (χ0) is 15.1.